The number of halogens is 3. The van der Waals surface area contributed by atoms with Crippen LogP contribution in [0.1, 0.15) is 16.7 Å². The minimum atomic E-state index is -4.49. The number of aromatic hydroxyl groups is 1. The van der Waals surface area contributed by atoms with Crippen molar-refractivity contribution in [3.63, 3.8) is 0 Å². The van der Waals surface area contributed by atoms with E-state index in [0.717, 1.165) is 6.07 Å². The predicted octanol–water partition coefficient (Wildman–Crippen LogP) is 4.44. The molecule has 1 heterocycles. The standard InChI is InChI=1S/C18H14F3NO3/c1-10-6-16-12(8-15(10)23)11(7-17(24)25-16)9-22-14-5-3-2-4-13(14)18(19,20)21/h2-8,22-23H,9H2,1H3. The van der Waals surface area contributed by atoms with Gasteiger partial charge in [0.05, 0.1) is 5.56 Å². The third-order valence-electron chi connectivity index (χ3n) is 3.85. The highest BCUT2D eigenvalue weighted by Gasteiger charge is 2.33. The van der Waals surface area contributed by atoms with Gasteiger partial charge >= 0.3 is 11.8 Å². The van der Waals surface area contributed by atoms with Gasteiger partial charge in [-0.05, 0) is 42.3 Å². The van der Waals surface area contributed by atoms with Gasteiger partial charge in [0.15, 0.2) is 0 Å². The Kier molecular flexibility index (Phi) is 4.16. The molecule has 0 aliphatic carbocycles. The van der Waals surface area contributed by atoms with E-state index in [1.165, 1.54) is 36.4 Å². The molecule has 2 N–H and O–H groups in total. The molecule has 0 aliphatic heterocycles. The van der Waals surface area contributed by atoms with Crippen molar-refractivity contribution in [3.05, 3.63) is 69.6 Å². The summed E-state index contributed by atoms with van der Waals surface area (Å²) >= 11 is 0. The molecule has 0 amide bonds. The van der Waals surface area contributed by atoms with Gasteiger partial charge in [0, 0.05) is 23.7 Å². The number of para-hydroxylation sites is 1. The molecule has 2 aromatic carbocycles. The molecule has 0 aliphatic rings. The fraction of sp³-hybridized carbons (Fsp3) is 0.167. The first-order chi connectivity index (χ1) is 11.8. The Morgan fingerprint density at radius 1 is 1.16 bits per heavy atom. The number of rotatable bonds is 3. The summed E-state index contributed by atoms with van der Waals surface area (Å²) in [7, 11) is 0. The summed E-state index contributed by atoms with van der Waals surface area (Å²) in [6.07, 6.45) is -4.49. The SMILES string of the molecule is Cc1cc2oc(=O)cc(CNc3ccccc3C(F)(F)F)c2cc1O. The number of hydrogen-bond acceptors (Lipinski definition) is 4. The van der Waals surface area contributed by atoms with Gasteiger partial charge in [-0.2, -0.15) is 13.2 Å². The van der Waals surface area contributed by atoms with Crippen molar-refractivity contribution in [1.82, 2.24) is 0 Å². The molecule has 0 radical (unpaired) electrons. The predicted molar refractivity (Wildman–Crippen MR) is 87.7 cm³/mol. The summed E-state index contributed by atoms with van der Waals surface area (Å²) in [4.78, 5) is 11.7. The number of aryl methyl sites for hydroxylation is 1. The molecule has 0 bridgehead atoms. The maximum atomic E-state index is 13.1. The molecular weight excluding hydrogens is 335 g/mol. The van der Waals surface area contributed by atoms with Gasteiger partial charge in [-0.15, -0.1) is 0 Å². The van der Waals surface area contributed by atoms with E-state index < -0.39 is 17.4 Å². The fourth-order valence-corrected chi connectivity index (χ4v) is 2.58. The second kappa shape index (κ2) is 6.16. The van der Waals surface area contributed by atoms with Crippen LogP contribution >= 0.6 is 0 Å². The molecule has 0 unspecified atom stereocenters. The smallest absolute Gasteiger partial charge is 0.418 e. The average Bonchev–Trinajstić information content (AvgIpc) is 2.53. The summed E-state index contributed by atoms with van der Waals surface area (Å²) in [5.74, 6) is 0.0123. The van der Waals surface area contributed by atoms with E-state index in [9.17, 15) is 23.1 Å². The van der Waals surface area contributed by atoms with E-state index in [2.05, 4.69) is 5.32 Å². The topological polar surface area (TPSA) is 62.5 Å². The van der Waals surface area contributed by atoms with E-state index in [0.29, 0.717) is 16.5 Å². The molecule has 3 aromatic rings. The molecule has 0 saturated heterocycles. The molecule has 0 fully saturated rings. The molecule has 1 aromatic heterocycles. The molecule has 130 valence electrons. The van der Waals surface area contributed by atoms with Crippen LogP contribution in [0.5, 0.6) is 5.75 Å². The van der Waals surface area contributed by atoms with Crippen LogP contribution in [0, 0.1) is 6.92 Å². The molecule has 0 spiro atoms. The monoisotopic (exact) mass is 349 g/mol. The number of phenolic OH excluding ortho intramolecular Hbond substituents is 1. The molecule has 25 heavy (non-hydrogen) atoms. The van der Waals surface area contributed by atoms with Crippen molar-refractivity contribution in [3.8, 4) is 5.75 Å². The largest absolute Gasteiger partial charge is 0.508 e. The first-order valence-electron chi connectivity index (χ1n) is 7.42. The van der Waals surface area contributed by atoms with Crippen molar-refractivity contribution in [1.29, 1.82) is 0 Å². The lowest BCUT2D eigenvalue weighted by molar-refractivity contribution is -0.137. The van der Waals surface area contributed by atoms with E-state index in [4.69, 9.17) is 4.42 Å². The van der Waals surface area contributed by atoms with Gasteiger partial charge in [0.25, 0.3) is 0 Å². The van der Waals surface area contributed by atoms with Crippen LogP contribution in [0.15, 0.2) is 51.7 Å². The van der Waals surface area contributed by atoms with Crippen molar-refractivity contribution in [2.75, 3.05) is 5.32 Å². The first kappa shape index (κ1) is 16.9. The number of benzene rings is 2. The van der Waals surface area contributed by atoms with Gasteiger partial charge < -0.3 is 14.8 Å². The maximum absolute atomic E-state index is 13.1. The van der Waals surface area contributed by atoms with E-state index in [1.54, 1.807) is 6.92 Å². The lowest BCUT2D eigenvalue weighted by Crippen LogP contribution is -2.11. The van der Waals surface area contributed by atoms with Gasteiger partial charge in [0.2, 0.25) is 0 Å². The second-order valence-corrected chi connectivity index (χ2v) is 5.62. The number of fused-ring (bicyclic) bond motifs is 1. The van der Waals surface area contributed by atoms with Gasteiger partial charge in [-0.25, -0.2) is 4.79 Å². The zero-order chi connectivity index (χ0) is 18.2. The third kappa shape index (κ3) is 3.45. The highest BCUT2D eigenvalue weighted by Crippen LogP contribution is 2.35. The Morgan fingerprint density at radius 3 is 2.60 bits per heavy atom. The first-order valence-corrected chi connectivity index (χ1v) is 7.42. The van der Waals surface area contributed by atoms with Crippen LogP contribution in [-0.2, 0) is 12.7 Å². The normalized spacial score (nSPS) is 11.7. The zero-order valence-corrected chi connectivity index (χ0v) is 13.1. The molecule has 0 atom stereocenters. The average molecular weight is 349 g/mol. The van der Waals surface area contributed by atoms with Crippen molar-refractivity contribution >= 4 is 16.7 Å². The number of phenols is 1. The second-order valence-electron chi connectivity index (χ2n) is 5.62. The van der Waals surface area contributed by atoms with Gasteiger partial charge in [-0.1, -0.05) is 12.1 Å². The minimum absolute atomic E-state index is 0.0123. The molecule has 0 saturated carbocycles. The number of alkyl halides is 3. The summed E-state index contributed by atoms with van der Waals surface area (Å²) < 4.78 is 44.2. The number of hydrogen-bond donors (Lipinski definition) is 2. The molecule has 7 heteroatoms. The third-order valence-corrected chi connectivity index (χ3v) is 3.85. The van der Waals surface area contributed by atoms with E-state index in [1.807, 2.05) is 0 Å². The zero-order valence-electron chi connectivity index (χ0n) is 13.1. The van der Waals surface area contributed by atoms with Crippen molar-refractivity contribution in [2.45, 2.75) is 19.6 Å². The summed E-state index contributed by atoms with van der Waals surface area (Å²) in [5.41, 5.74) is -0.266. The van der Waals surface area contributed by atoms with Crippen LogP contribution in [0.25, 0.3) is 11.0 Å². The van der Waals surface area contributed by atoms with Crippen molar-refractivity contribution < 1.29 is 22.7 Å². The molecule has 4 nitrogen and oxygen atoms in total. The maximum Gasteiger partial charge on any atom is 0.418 e. The molecular formula is C18H14F3NO3. The Balaban J connectivity index is 2.00. The van der Waals surface area contributed by atoms with E-state index in [-0.39, 0.29) is 23.6 Å². The fourth-order valence-electron chi connectivity index (χ4n) is 2.58. The van der Waals surface area contributed by atoms with Crippen LogP contribution in [-0.4, -0.2) is 5.11 Å². The lowest BCUT2D eigenvalue weighted by Gasteiger charge is -2.15. The summed E-state index contributed by atoms with van der Waals surface area (Å²) in [6, 6.07) is 9.23. The summed E-state index contributed by atoms with van der Waals surface area (Å²) in [5, 5.41) is 13.0. The Bertz CT molecular complexity index is 993. The molecule has 3 rings (SSSR count). The Hall–Kier alpha value is -2.96. The number of anilines is 1. The lowest BCUT2D eigenvalue weighted by atomic mass is 10.1. The van der Waals surface area contributed by atoms with E-state index >= 15 is 0 Å². The highest BCUT2D eigenvalue weighted by atomic mass is 19.4. The van der Waals surface area contributed by atoms with Crippen LogP contribution in [0.4, 0.5) is 18.9 Å². The Morgan fingerprint density at radius 2 is 1.88 bits per heavy atom. The minimum Gasteiger partial charge on any atom is -0.508 e. The van der Waals surface area contributed by atoms with Crippen LogP contribution in [0.3, 0.4) is 0 Å². The Labute approximate surface area is 140 Å². The van der Waals surface area contributed by atoms with Gasteiger partial charge in [0.1, 0.15) is 11.3 Å². The van der Waals surface area contributed by atoms with Crippen LogP contribution < -0.4 is 10.9 Å². The van der Waals surface area contributed by atoms with Gasteiger partial charge in [-0.3, -0.25) is 0 Å². The quantitative estimate of drug-likeness (QED) is 0.687. The van der Waals surface area contributed by atoms with Crippen molar-refractivity contribution in [2.24, 2.45) is 0 Å². The number of nitrogens with one attached hydrogen (secondary N) is 1. The highest BCUT2D eigenvalue weighted by molar-refractivity contribution is 5.83. The summed E-state index contributed by atoms with van der Waals surface area (Å²) in [6.45, 7) is 1.62. The van der Waals surface area contributed by atoms with Crippen LogP contribution in [0.2, 0.25) is 0 Å².